The van der Waals surface area contributed by atoms with Gasteiger partial charge in [-0.15, -0.1) is 6.42 Å². The maximum atomic E-state index is 15.5. The third-order valence-corrected chi connectivity index (χ3v) is 13.2. The van der Waals surface area contributed by atoms with E-state index < -0.39 is 23.1 Å². The topological polar surface area (TPSA) is 111 Å². The summed E-state index contributed by atoms with van der Waals surface area (Å²) in [6, 6.07) is 6.43. The Morgan fingerprint density at radius 3 is 2.70 bits per heavy atom. The predicted molar refractivity (Wildman–Crippen MR) is 215 cm³/mol. The van der Waals surface area contributed by atoms with Crippen LogP contribution in [0.2, 0.25) is 0 Å². The molecule has 4 aliphatic rings. The quantitative estimate of drug-likeness (QED) is 0.148. The zero-order chi connectivity index (χ0) is 39.8. The van der Waals surface area contributed by atoms with Crippen molar-refractivity contribution in [1.82, 2.24) is 20.2 Å². The van der Waals surface area contributed by atoms with Gasteiger partial charge in [0.15, 0.2) is 0 Å². The fraction of sp³-hybridized carbons (Fsp3) is 0.578. The van der Waals surface area contributed by atoms with Crippen molar-refractivity contribution < 1.29 is 28.5 Å². The lowest BCUT2D eigenvalue weighted by atomic mass is 9.78. The molecule has 0 bridgehead atoms. The molecule has 3 aromatic rings. The van der Waals surface area contributed by atoms with Gasteiger partial charge in [0, 0.05) is 49.6 Å². The second-order valence-corrected chi connectivity index (χ2v) is 17.4. The number of terminal acetylenes is 1. The number of aromatic nitrogens is 2. The van der Waals surface area contributed by atoms with Crippen LogP contribution >= 0.6 is 0 Å². The number of fused-ring (bicyclic) bond motifs is 2. The molecule has 3 heterocycles. The van der Waals surface area contributed by atoms with Crippen LogP contribution in [0.1, 0.15) is 107 Å². The van der Waals surface area contributed by atoms with Crippen LogP contribution in [0.15, 0.2) is 36.9 Å². The van der Waals surface area contributed by atoms with Crippen LogP contribution in [-0.4, -0.2) is 87.1 Å². The molecule has 1 unspecified atom stereocenters. The Bertz CT molecular complexity index is 1990. The molecule has 3 fully saturated rings. The number of carbonyl (C=O) groups excluding carboxylic acids is 1. The molecule has 2 saturated heterocycles. The van der Waals surface area contributed by atoms with Crippen LogP contribution in [0.4, 0.5) is 14.6 Å². The molecular formula is C45H57F2N5O4. The number of halogens is 2. The molecule has 0 spiro atoms. The average Bonchev–Trinajstić information content (AvgIpc) is 3.32. The lowest BCUT2D eigenvalue weighted by Gasteiger charge is -2.44. The van der Waals surface area contributed by atoms with Crippen LogP contribution in [0, 0.1) is 30.0 Å². The second kappa shape index (κ2) is 16.3. The standard InChI is InChI=1S/C45H57F2N5O4/c1-6-35-38(47)14-12-31-20-34(53)22-37(41(31)35)30-11-13-36-39(21-30)49-43(50-42(36)51-19-9-8-10-33(26-51)48-40(54)7-2)56-27-45(28(3)4)23-32(46)25-52(45)24-29-15-17-44(5,55)18-16-29/h1,7,12,14,20,22,28-30,32-33,53,55H,2,8-11,13,15-19,21,23-27H2,3-5H3,(H,48,54)/t29?,30-,32+,33?,44?,45-/m0/s1. The first-order valence-corrected chi connectivity index (χ1v) is 20.5. The maximum absolute atomic E-state index is 15.5. The SMILES string of the molecule is C#Cc1c(F)ccc2cc(O)cc([C@H]3CCc4c(nc(OC[C@]5(C(C)C)C[C@@H](F)CN5CC5CCC(C)(O)CC5)nc4N4CCCCC(NC(=O)C=C)C4)C3)c12. The van der Waals surface area contributed by atoms with Gasteiger partial charge in [0.2, 0.25) is 5.91 Å². The Morgan fingerprint density at radius 1 is 1.18 bits per heavy atom. The molecule has 9 nitrogen and oxygen atoms in total. The first-order chi connectivity index (χ1) is 26.8. The number of benzene rings is 2. The first kappa shape index (κ1) is 39.9. The summed E-state index contributed by atoms with van der Waals surface area (Å²) in [6.45, 7) is 12.4. The smallest absolute Gasteiger partial charge is 0.318 e. The molecule has 4 atom stereocenters. The highest BCUT2D eigenvalue weighted by Crippen LogP contribution is 2.44. The molecule has 1 aromatic heterocycles. The molecule has 56 heavy (non-hydrogen) atoms. The number of aliphatic hydroxyl groups is 1. The normalized spacial score (nSPS) is 28.4. The summed E-state index contributed by atoms with van der Waals surface area (Å²) in [5, 5.41) is 25.8. The number of alkyl halides is 1. The number of amides is 1. The minimum absolute atomic E-state index is 0.0843. The van der Waals surface area contributed by atoms with E-state index in [-0.39, 0.29) is 47.7 Å². The number of phenolic OH excluding ortho intramolecular Hbond substituents is 1. The summed E-state index contributed by atoms with van der Waals surface area (Å²) >= 11 is 0. The number of rotatable bonds is 10. The number of nitrogens with one attached hydrogen (secondary N) is 1. The summed E-state index contributed by atoms with van der Waals surface area (Å²) in [5.74, 6) is 3.06. The molecule has 2 aliphatic heterocycles. The van der Waals surface area contributed by atoms with E-state index in [1.807, 2.05) is 6.92 Å². The van der Waals surface area contributed by atoms with Crippen LogP contribution < -0.4 is 15.0 Å². The number of aromatic hydroxyl groups is 1. The highest BCUT2D eigenvalue weighted by molar-refractivity contribution is 5.93. The number of likely N-dealkylation sites (tertiary alicyclic amines) is 1. The van der Waals surface area contributed by atoms with Gasteiger partial charge in [-0.1, -0.05) is 32.4 Å². The number of nitrogens with zero attached hydrogens (tertiary/aromatic N) is 4. The fourth-order valence-electron chi connectivity index (χ4n) is 9.95. The lowest BCUT2D eigenvalue weighted by molar-refractivity contribution is -0.117. The van der Waals surface area contributed by atoms with E-state index >= 15 is 8.78 Å². The predicted octanol–water partition coefficient (Wildman–Crippen LogP) is 7.15. The molecule has 1 saturated carbocycles. The Labute approximate surface area is 329 Å². The number of phenols is 1. The molecule has 300 valence electrons. The number of hydrogen-bond donors (Lipinski definition) is 3. The Kier molecular flexibility index (Phi) is 11.6. The molecule has 1 amide bonds. The Hall–Kier alpha value is -4.27. The highest BCUT2D eigenvalue weighted by atomic mass is 19.1. The third kappa shape index (κ3) is 8.24. The van der Waals surface area contributed by atoms with Crippen molar-refractivity contribution >= 4 is 22.5 Å². The summed E-state index contributed by atoms with van der Waals surface area (Å²) in [4.78, 5) is 27.1. The van der Waals surface area contributed by atoms with Crippen LogP contribution in [0.5, 0.6) is 11.8 Å². The number of ether oxygens (including phenoxy) is 1. The van der Waals surface area contributed by atoms with E-state index in [1.165, 1.54) is 12.1 Å². The van der Waals surface area contributed by atoms with Gasteiger partial charge in [0.1, 0.15) is 30.2 Å². The number of carbonyl (C=O) groups is 1. The van der Waals surface area contributed by atoms with E-state index in [0.29, 0.717) is 55.5 Å². The van der Waals surface area contributed by atoms with E-state index in [4.69, 9.17) is 21.1 Å². The molecule has 0 radical (unpaired) electrons. The average molecular weight is 770 g/mol. The number of anilines is 1. The molecular weight excluding hydrogens is 713 g/mol. The first-order valence-electron chi connectivity index (χ1n) is 20.5. The second-order valence-electron chi connectivity index (χ2n) is 17.4. The van der Waals surface area contributed by atoms with Gasteiger partial charge in [-0.2, -0.15) is 9.97 Å². The van der Waals surface area contributed by atoms with Crippen LogP contribution in [-0.2, 0) is 17.6 Å². The minimum atomic E-state index is -0.983. The van der Waals surface area contributed by atoms with Gasteiger partial charge in [0.05, 0.1) is 22.4 Å². The van der Waals surface area contributed by atoms with Gasteiger partial charge in [-0.25, -0.2) is 8.78 Å². The zero-order valence-electron chi connectivity index (χ0n) is 33.1. The van der Waals surface area contributed by atoms with Crippen molar-refractivity contribution in [3.8, 4) is 24.1 Å². The van der Waals surface area contributed by atoms with Gasteiger partial charge < -0.3 is 25.2 Å². The van der Waals surface area contributed by atoms with Gasteiger partial charge in [0.25, 0.3) is 0 Å². The maximum Gasteiger partial charge on any atom is 0.318 e. The van der Waals surface area contributed by atoms with Crippen LogP contribution in [0.25, 0.3) is 10.8 Å². The summed E-state index contributed by atoms with van der Waals surface area (Å²) in [5.41, 5.74) is 1.57. The van der Waals surface area contributed by atoms with Gasteiger partial charge >= 0.3 is 6.01 Å². The minimum Gasteiger partial charge on any atom is -0.508 e. The summed E-state index contributed by atoms with van der Waals surface area (Å²) in [6.07, 6.45) is 14.4. The molecule has 2 aliphatic carbocycles. The van der Waals surface area contributed by atoms with Crippen molar-refractivity contribution in [2.75, 3.05) is 37.7 Å². The summed E-state index contributed by atoms with van der Waals surface area (Å²) in [7, 11) is 0. The highest BCUT2D eigenvalue weighted by Gasteiger charge is 2.50. The summed E-state index contributed by atoms with van der Waals surface area (Å²) < 4.78 is 37.3. The lowest BCUT2D eigenvalue weighted by Crippen LogP contribution is -2.54. The molecule has 11 heteroatoms. The van der Waals surface area contributed by atoms with E-state index in [0.717, 1.165) is 80.7 Å². The fourth-order valence-corrected chi connectivity index (χ4v) is 9.95. The van der Waals surface area contributed by atoms with Crippen molar-refractivity contribution in [2.24, 2.45) is 11.8 Å². The molecule has 7 rings (SSSR count). The van der Waals surface area contributed by atoms with Crippen LogP contribution in [0.3, 0.4) is 0 Å². The van der Waals surface area contributed by atoms with Crippen molar-refractivity contribution in [1.29, 1.82) is 0 Å². The van der Waals surface area contributed by atoms with Crippen molar-refractivity contribution in [3.63, 3.8) is 0 Å². The van der Waals surface area contributed by atoms with E-state index in [2.05, 4.69) is 41.5 Å². The third-order valence-electron chi connectivity index (χ3n) is 13.2. The number of hydrogen-bond acceptors (Lipinski definition) is 8. The van der Waals surface area contributed by atoms with Crippen molar-refractivity contribution in [2.45, 2.75) is 121 Å². The molecule has 3 N–H and O–H groups in total. The molecule has 2 aromatic carbocycles. The zero-order valence-corrected chi connectivity index (χ0v) is 33.1. The van der Waals surface area contributed by atoms with E-state index in [1.54, 1.807) is 18.2 Å². The largest absolute Gasteiger partial charge is 0.508 e. The van der Waals surface area contributed by atoms with Gasteiger partial charge in [-0.05, 0) is 124 Å². The van der Waals surface area contributed by atoms with Crippen molar-refractivity contribution in [3.05, 3.63) is 65.1 Å². The van der Waals surface area contributed by atoms with Gasteiger partial charge in [-0.3, -0.25) is 9.69 Å². The van der Waals surface area contributed by atoms with E-state index in [9.17, 15) is 15.0 Å². The Balaban J connectivity index is 1.24. The monoisotopic (exact) mass is 769 g/mol. The Morgan fingerprint density at radius 2 is 1.96 bits per heavy atom.